The van der Waals surface area contributed by atoms with Crippen LogP contribution in [0.2, 0.25) is 0 Å². The molecule has 0 aliphatic rings. The first-order valence-electron chi connectivity index (χ1n) is 3.42. The van der Waals surface area contributed by atoms with Crippen molar-refractivity contribution in [3.63, 3.8) is 0 Å². The number of carboxylic acids is 1. The Bertz CT molecular complexity index is 118. The van der Waals surface area contributed by atoms with Crippen LogP contribution < -0.4 is 0 Å². The van der Waals surface area contributed by atoms with Gasteiger partial charge in [0, 0.05) is 6.42 Å². The van der Waals surface area contributed by atoms with Crippen molar-refractivity contribution < 1.29 is 15.0 Å². The predicted molar refractivity (Wildman–Crippen MR) is 37.8 cm³/mol. The van der Waals surface area contributed by atoms with Crippen molar-refractivity contribution in [2.75, 3.05) is 0 Å². The van der Waals surface area contributed by atoms with Crippen LogP contribution in [0, 0.1) is 0 Å². The Kier molecular flexibility index (Phi) is 3.36. The molecule has 2 N–H and O–H groups in total. The zero-order chi connectivity index (χ0) is 8.20. The van der Waals surface area contributed by atoms with E-state index in [0.29, 0.717) is 12.8 Å². The van der Waals surface area contributed by atoms with Gasteiger partial charge in [0.05, 0.1) is 5.60 Å². The fourth-order valence-corrected chi connectivity index (χ4v) is 0.553. The first-order chi connectivity index (χ1) is 4.48. The number of hydrogen-bond donors (Lipinski definition) is 2. The van der Waals surface area contributed by atoms with Crippen molar-refractivity contribution in [3.8, 4) is 0 Å². The molecule has 0 rings (SSSR count). The lowest BCUT2D eigenvalue weighted by Gasteiger charge is -2.19. The van der Waals surface area contributed by atoms with E-state index in [2.05, 4.69) is 0 Å². The number of aliphatic hydroxyl groups is 1. The number of carbonyl (C=O) groups is 1. The second kappa shape index (κ2) is 3.56. The Morgan fingerprint density at radius 1 is 1.60 bits per heavy atom. The minimum Gasteiger partial charge on any atom is -0.481 e. The maximum Gasteiger partial charge on any atom is 0.303 e. The Morgan fingerprint density at radius 2 is 2.10 bits per heavy atom. The van der Waals surface area contributed by atoms with Gasteiger partial charge in [-0.05, 0) is 19.8 Å². The van der Waals surface area contributed by atoms with Crippen LogP contribution in [-0.2, 0) is 4.79 Å². The highest BCUT2D eigenvalue weighted by atomic mass is 16.4. The van der Waals surface area contributed by atoms with E-state index in [9.17, 15) is 9.90 Å². The number of aliphatic carboxylic acids is 1. The third-order valence-electron chi connectivity index (χ3n) is 1.64. The molecule has 0 aromatic rings. The van der Waals surface area contributed by atoms with Gasteiger partial charge in [0.15, 0.2) is 0 Å². The van der Waals surface area contributed by atoms with E-state index in [-0.39, 0.29) is 6.42 Å². The number of hydrogen-bond acceptors (Lipinski definition) is 2. The van der Waals surface area contributed by atoms with Gasteiger partial charge >= 0.3 is 5.97 Å². The van der Waals surface area contributed by atoms with Crippen molar-refractivity contribution in [1.29, 1.82) is 0 Å². The minimum atomic E-state index is -0.853. The standard InChI is InChI=1S/C7H14O3/c1-3-7(2,10)5-4-6(8)9/h10H,3-5H2,1-2H3,(H,8,9). The fraction of sp³-hybridized carbons (Fsp3) is 0.857. The third kappa shape index (κ3) is 4.32. The summed E-state index contributed by atoms with van der Waals surface area (Å²) < 4.78 is 0. The summed E-state index contributed by atoms with van der Waals surface area (Å²) in [5, 5.41) is 17.6. The molecule has 0 bridgehead atoms. The van der Waals surface area contributed by atoms with Gasteiger partial charge in [-0.25, -0.2) is 0 Å². The van der Waals surface area contributed by atoms with Crippen LogP contribution in [0.4, 0.5) is 0 Å². The normalized spacial score (nSPS) is 16.3. The van der Waals surface area contributed by atoms with Crippen LogP contribution in [0.15, 0.2) is 0 Å². The fourth-order valence-electron chi connectivity index (χ4n) is 0.553. The summed E-state index contributed by atoms with van der Waals surface area (Å²) in [6.07, 6.45) is 0.972. The molecule has 0 aromatic carbocycles. The molecule has 10 heavy (non-hydrogen) atoms. The van der Waals surface area contributed by atoms with Gasteiger partial charge < -0.3 is 10.2 Å². The molecule has 0 aliphatic carbocycles. The molecule has 0 heterocycles. The summed E-state index contributed by atoms with van der Waals surface area (Å²) in [5.74, 6) is -0.853. The third-order valence-corrected chi connectivity index (χ3v) is 1.64. The monoisotopic (exact) mass is 146 g/mol. The van der Waals surface area contributed by atoms with Crippen LogP contribution in [0.1, 0.15) is 33.1 Å². The van der Waals surface area contributed by atoms with Crippen LogP contribution in [-0.4, -0.2) is 21.8 Å². The lowest BCUT2D eigenvalue weighted by Crippen LogP contribution is -2.23. The lowest BCUT2D eigenvalue weighted by atomic mass is 9.97. The summed E-state index contributed by atoms with van der Waals surface area (Å²) in [4.78, 5) is 10.1. The second-order valence-electron chi connectivity index (χ2n) is 2.74. The molecule has 0 aliphatic heterocycles. The van der Waals surface area contributed by atoms with E-state index in [1.807, 2.05) is 6.92 Å². The smallest absolute Gasteiger partial charge is 0.303 e. The molecule has 0 radical (unpaired) electrons. The summed E-state index contributed by atoms with van der Waals surface area (Å²) in [5.41, 5.74) is -0.807. The molecule has 3 nitrogen and oxygen atoms in total. The molecule has 0 fully saturated rings. The Hall–Kier alpha value is -0.570. The van der Waals surface area contributed by atoms with E-state index < -0.39 is 11.6 Å². The van der Waals surface area contributed by atoms with E-state index in [0.717, 1.165) is 0 Å². The van der Waals surface area contributed by atoms with Crippen LogP contribution in [0.5, 0.6) is 0 Å². The Labute approximate surface area is 60.7 Å². The Morgan fingerprint density at radius 3 is 2.40 bits per heavy atom. The maximum absolute atomic E-state index is 10.1. The van der Waals surface area contributed by atoms with Crippen LogP contribution in [0.3, 0.4) is 0 Å². The van der Waals surface area contributed by atoms with E-state index in [1.54, 1.807) is 6.92 Å². The van der Waals surface area contributed by atoms with Gasteiger partial charge in [-0.1, -0.05) is 6.92 Å². The largest absolute Gasteiger partial charge is 0.481 e. The van der Waals surface area contributed by atoms with Crippen molar-refractivity contribution in [3.05, 3.63) is 0 Å². The van der Waals surface area contributed by atoms with Crippen molar-refractivity contribution in [2.24, 2.45) is 0 Å². The van der Waals surface area contributed by atoms with Gasteiger partial charge in [-0.2, -0.15) is 0 Å². The molecule has 3 heteroatoms. The second-order valence-corrected chi connectivity index (χ2v) is 2.74. The highest BCUT2D eigenvalue weighted by Crippen LogP contribution is 2.15. The quantitative estimate of drug-likeness (QED) is 0.622. The average Bonchev–Trinajstić information content (AvgIpc) is 1.85. The number of carboxylic acid groups (broad SMARTS) is 1. The molecule has 0 saturated carbocycles. The zero-order valence-corrected chi connectivity index (χ0v) is 6.42. The van der Waals surface area contributed by atoms with Gasteiger partial charge in [0.25, 0.3) is 0 Å². The Balaban J connectivity index is 3.56. The van der Waals surface area contributed by atoms with E-state index >= 15 is 0 Å². The molecule has 0 spiro atoms. The van der Waals surface area contributed by atoms with Crippen molar-refractivity contribution >= 4 is 5.97 Å². The van der Waals surface area contributed by atoms with Gasteiger partial charge in [0.2, 0.25) is 0 Å². The predicted octanol–water partition coefficient (Wildman–Crippen LogP) is 1.01. The van der Waals surface area contributed by atoms with Gasteiger partial charge in [-0.15, -0.1) is 0 Å². The first-order valence-corrected chi connectivity index (χ1v) is 3.42. The first kappa shape index (κ1) is 9.43. The van der Waals surface area contributed by atoms with Gasteiger partial charge in [0.1, 0.15) is 0 Å². The van der Waals surface area contributed by atoms with E-state index in [1.165, 1.54) is 0 Å². The molecule has 0 saturated heterocycles. The lowest BCUT2D eigenvalue weighted by molar-refractivity contribution is -0.138. The molecule has 0 amide bonds. The molecule has 0 aromatic heterocycles. The van der Waals surface area contributed by atoms with Gasteiger partial charge in [-0.3, -0.25) is 4.79 Å². The number of rotatable bonds is 4. The highest BCUT2D eigenvalue weighted by Gasteiger charge is 2.18. The molecular formula is C7H14O3. The summed E-state index contributed by atoms with van der Waals surface area (Å²) in [6, 6.07) is 0. The van der Waals surface area contributed by atoms with Crippen LogP contribution >= 0.6 is 0 Å². The SMILES string of the molecule is CCC(C)(O)CCC(=O)O. The topological polar surface area (TPSA) is 57.5 Å². The highest BCUT2D eigenvalue weighted by molar-refractivity contribution is 5.66. The molecule has 1 unspecified atom stereocenters. The molecule has 1 atom stereocenters. The zero-order valence-electron chi connectivity index (χ0n) is 6.42. The average molecular weight is 146 g/mol. The summed E-state index contributed by atoms with van der Waals surface area (Å²) >= 11 is 0. The summed E-state index contributed by atoms with van der Waals surface area (Å²) in [7, 11) is 0. The maximum atomic E-state index is 10.1. The molecular weight excluding hydrogens is 132 g/mol. The van der Waals surface area contributed by atoms with Crippen molar-refractivity contribution in [1.82, 2.24) is 0 Å². The van der Waals surface area contributed by atoms with Crippen molar-refractivity contribution in [2.45, 2.75) is 38.7 Å². The van der Waals surface area contributed by atoms with Crippen LogP contribution in [0.25, 0.3) is 0 Å². The summed E-state index contributed by atoms with van der Waals surface area (Å²) in [6.45, 7) is 3.48. The minimum absolute atomic E-state index is 0.0425. The van der Waals surface area contributed by atoms with E-state index in [4.69, 9.17) is 5.11 Å². The molecule has 60 valence electrons.